The second-order valence-electron chi connectivity index (χ2n) is 7.96. The van der Waals surface area contributed by atoms with Crippen molar-refractivity contribution in [1.29, 1.82) is 0 Å². The normalized spacial score (nSPS) is 65.3. The molecule has 5 rings (SSSR count). The van der Waals surface area contributed by atoms with E-state index in [1.54, 1.807) is 13.8 Å². The lowest BCUT2D eigenvalue weighted by Crippen LogP contribution is -2.82. The second kappa shape index (κ2) is 3.28. The van der Waals surface area contributed by atoms with E-state index in [0.29, 0.717) is 0 Å². The minimum atomic E-state index is -2.13. The Balaban J connectivity index is 1.83. The Kier molecular flexibility index (Phi) is 2.02. The maximum Gasteiger partial charge on any atom is 0.342 e. The number of aliphatic hydroxyl groups is 3. The lowest BCUT2D eigenvalue weighted by Gasteiger charge is -2.64. The monoisotopic (exact) mass is 326 g/mol. The number of ether oxygens (including phenoxy) is 3. The molecule has 0 aromatic carbocycles. The molecule has 3 saturated heterocycles. The molecule has 3 aliphatic heterocycles. The van der Waals surface area contributed by atoms with Crippen LogP contribution in [0.4, 0.5) is 0 Å². The van der Waals surface area contributed by atoms with Crippen LogP contribution >= 0.6 is 0 Å². The van der Waals surface area contributed by atoms with Gasteiger partial charge in [-0.2, -0.15) is 0 Å². The molecule has 8 heteroatoms. The Morgan fingerprint density at radius 1 is 1.13 bits per heavy atom. The molecule has 8 atom stereocenters. The minimum Gasteiger partial charge on any atom is -0.463 e. The number of carbonyl (C=O) groups excluding carboxylic acids is 2. The van der Waals surface area contributed by atoms with E-state index in [1.165, 1.54) is 0 Å². The summed E-state index contributed by atoms with van der Waals surface area (Å²) in [6.45, 7) is 3.10. The van der Waals surface area contributed by atoms with Crippen molar-refractivity contribution in [2.75, 3.05) is 6.61 Å². The predicted molar refractivity (Wildman–Crippen MR) is 69.8 cm³/mol. The number of aliphatic hydroxyl groups excluding tert-OH is 1. The zero-order valence-electron chi connectivity index (χ0n) is 12.7. The largest absolute Gasteiger partial charge is 0.463 e. The van der Waals surface area contributed by atoms with Gasteiger partial charge in [-0.1, -0.05) is 0 Å². The van der Waals surface area contributed by atoms with Crippen molar-refractivity contribution >= 4 is 11.9 Å². The molecule has 2 saturated carbocycles. The molecule has 0 radical (unpaired) electrons. The zero-order valence-corrected chi connectivity index (χ0v) is 12.7. The topological polar surface area (TPSA) is 126 Å². The molecular formula is C15H18O8. The number of hydrogen-bond donors (Lipinski definition) is 3. The van der Waals surface area contributed by atoms with Gasteiger partial charge in [0, 0.05) is 12.8 Å². The molecule has 0 amide bonds. The van der Waals surface area contributed by atoms with Crippen LogP contribution in [-0.4, -0.2) is 69.0 Å². The van der Waals surface area contributed by atoms with Crippen molar-refractivity contribution in [2.24, 2.45) is 10.8 Å². The average Bonchev–Trinajstić information content (AvgIpc) is 3.01. The molecule has 3 N–H and O–H groups in total. The quantitative estimate of drug-likeness (QED) is 0.353. The number of hydrogen-bond acceptors (Lipinski definition) is 8. The number of rotatable bonds is 0. The summed E-state index contributed by atoms with van der Waals surface area (Å²) in [7, 11) is 0. The summed E-state index contributed by atoms with van der Waals surface area (Å²) in [5, 5.41) is 33.4. The lowest BCUT2D eigenvalue weighted by atomic mass is 9.43. The molecule has 5 aliphatic rings. The molecule has 0 aromatic heterocycles. The summed E-state index contributed by atoms with van der Waals surface area (Å²) < 4.78 is 15.9. The highest BCUT2D eigenvalue weighted by molar-refractivity contribution is 5.87. The molecule has 3 heterocycles. The number of cyclic esters (lactones) is 1. The van der Waals surface area contributed by atoms with E-state index in [2.05, 4.69) is 0 Å². The third-order valence-corrected chi connectivity index (χ3v) is 7.53. The van der Waals surface area contributed by atoms with Gasteiger partial charge in [0.25, 0.3) is 0 Å². The maximum absolute atomic E-state index is 12.3. The molecule has 2 aliphatic carbocycles. The summed E-state index contributed by atoms with van der Waals surface area (Å²) >= 11 is 0. The molecule has 8 nitrogen and oxygen atoms in total. The van der Waals surface area contributed by atoms with Gasteiger partial charge in [0.15, 0.2) is 6.10 Å². The van der Waals surface area contributed by atoms with E-state index in [4.69, 9.17) is 14.2 Å². The summed E-state index contributed by atoms with van der Waals surface area (Å²) in [6.07, 6.45) is -3.04. The van der Waals surface area contributed by atoms with Crippen LogP contribution in [-0.2, 0) is 23.8 Å². The van der Waals surface area contributed by atoms with Crippen molar-refractivity contribution in [2.45, 2.75) is 61.8 Å². The summed E-state index contributed by atoms with van der Waals surface area (Å²) in [6, 6.07) is 0. The van der Waals surface area contributed by atoms with Crippen molar-refractivity contribution in [3.05, 3.63) is 0 Å². The Morgan fingerprint density at radius 2 is 1.83 bits per heavy atom. The first-order valence-corrected chi connectivity index (χ1v) is 7.77. The van der Waals surface area contributed by atoms with Gasteiger partial charge in [-0.05, 0) is 13.8 Å². The van der Waals surface area contributed by atoms with Crippen LogP contribution in [0.1, 0.15) is 26.7 Å². The zero-order chi connectivity index (χ0) is 16.6. The number of esters is 2. The molecule has 5 fully saturated rings. The highest BCUT2D eigenvalue weighted by atomic mass is 16.6. The second-order valence-corrected chi connectivity index (χ2v) is 7.96. The summed E-state index contributed by atoms with van der Waals surface area (Å²) in [4.78, 5) is 24.5. The predicted octanol–water partition coefficient (Wildman–Crippen LogP) is -1.75. The van der Waals surface area contributed by atoms with Crippen molar-refractivity contribution in [3.8, 4) is 0 Å². The maximum atomic E-state index is 12.3. The number of epoxide rings is 1. The van der Waals surface area contributed by atoms with Crippen LogP contribution in [0.5, 0.6) is 0 Å². The van der Waals surface area contributed by atoms with E-state index >= 15 is 0 Å². The smallest absolute Gasteiger partial charge is 0.342 e. The standard InChI is InChI=1S/C15H18O8/c1-11-5-21-10(18)15(11,20)7-3-13(8(16)9(17)22-7)12(2)6(23-12)4-14(11,13)19/h6-8,16,19-20H,3-5H2,1-2H3/t6-,7+,8-,11-,12-,13+,14-,15+/m0/s1. The third kappa shape index (κ3) is 0.996. The highest BCUT2D eigenvalue weighted by Gasteiger charge is 2.93. The molecule has 1 spiro atoms. The number of carbonyl (C=O) groups is 2. The van der Waals surface area contributed by atoms with E-state index in [0.717, 1.165) is 0 Å². The summed E-state index contributed by atoms with van der Waals surface area (Å²) in [5.41, 5.74) is -7.45. The molecule has 2 bridgehead atoms. The van der Waals surface area contributed by atoms with Crippen LogP contribution < -0.4 is 0 Å². The fourth-order valence-electron chi connectivity index (χ4n) is 6.00. The van der Waals surface area contributed by atoms with Crippen molar-refractivity contribution in [1.82, 2.24) is 0 Å². The molecule has 23 heavy (non-hydrogen) atoms. The molecule has 0 aromatic rings. The van der Waals surface area contributed by atoms with E-state index < -0.39 is 51.8 Å². The fraction of sp³-hybridized carbons (Fsp3) is 0.867. The average molecular weight is 326 g/mol. The van der Waals surface area contributed by atoms with Gasteiger partial charge in [-0.15, -0.1) is 0 Å². The van der Waals surface area contributed by atoms with Crippen LogP contribution in [0.25, 0.3) is 0 Å². The first kappa shape index (κ1) is 14.2. The Labute approximate surface area is 131 Å². The lowest BCUT2D eigenvalue weighted by molar-refractivity contribution is -0.332. The van der Waals surface area contributed by atoms with Gasteiger partial charge < -0.3 is 29.5 Å². The van der Waals surface area contributed by atoms with Gasteiger partial charge in [-0.3, -0.25) is 0 Å². The minimum absolute atomic E-state index is 0.0510. The highest BCUT2D eigenvalue weighted by Crippen LogP contribution is 2.78. The van der Waals surface area contributed by atoms with E-state index in [9.17, 15) is 24.9 Å². The SMILES string of the molecule is C[C@@]12COC(=O)[C@]1(O)[C@H]1C[C@]3([C@@H](O)C(=O)O1)[C@]2(O)C[C@@H]1O[C@@]13C. The van der Waals surface area contributed by atoms with Crippen LogP contribution in [0.3, 0.4) is 0 Å². The summed E-state index contributed by atoms with van der Waals surface area (Å²) in [5.74, 6) is -1.85. The van der Waals surface area contributed by atoms with Crippen LogP contribution in [0.15, 0.2) is 0 Å². The van der Waals surface area contributed by atoms with Gasteiger partial charge in [-0.25, -0.2) is 9.59 Å². The van der Waals surface area contributed by atoms with Crippen molar-refractivity contribution < 1.29 is 39.1 Å². The van der Waals surface area contributed by atoms with Crippen LogP contribution in [0, 0.1) is 10.8 Å². The first-order chi connectivity index (χ1) is 10.6. The molecule has 126 valence electrons. The van der Waals surface area contributed by atoms with Crippen LogP contribution in [0.2, 0.25) is 0 Å². The van der Waals surface area contributed by atoms with E-state index in [1.807, 2.05) is 0 Å². The Hall–Kier alpha value is -1.22. The molecular weight excluding hydrogens is 308 g/mol. The Morgan fingerprint density at radius 3 is 2.52 bits per heavy atom. The number of fused-ring (bicyclic) bond motifs is 5. The first-order valence-electron chi connectivity index (χ1n) is 7.77. The third-order valence-electron chi connectivity index (χ3n) is 7.53. The van der Waals surface area contributed by atoms with Gasteiger partial charge >= 0.3 is 11.9 Å². The van der Waals surface area contributed by atoms with Gasteiger partial charge in [0.2, 0.25) is 5.60 Å². The van der Waals surface area contributed by atoms with Crippen molar-refractivity contribution in [3.63, 3.8) is 0 Å². The Bertz CT molecular complexity index is 678. The van der Waals surface area contributed by atoms with E-state index in [-0.39, 0.29) is 25.6 Å². The fourth-order valence-corrected chi connectivity index (χ4v) is 6.00. The van der Waals surface area contributed by atoms with Gasteiger partial charge in [0.1, 0.15) is 18.3 Å². The molecule has 0 unspecified atom stereocenters. The van der Waals surface area contributed by atoms with Gasteiger partial charge in [0.05, 0.1) is 22.5 Å².